The Morgan fingerprint density at radius 2 is 2.55 bits per heavy atom. The molecule has 62 valence electrons. The molecule has 0 saturated heterocycles. The summed E-state index contributed by atoms with van der Waals surface area (Å²) in [7, 11) is 2.01. The second-order valence-electron chi connectivity index (χ2n) is 2.60. The summed E-state index contributed by atoms with van der Waals surface area (Å²) in [6, 6.07) is 0. The van der Waals surface area contributed by atoms with Crippen molar-refractivity contribution < 1.29 is 9.53 Å². The Kier molecular flexibility index (Phi) is 2.48. The molecule has 1 rings (SSSR count). The lowest BCUT2D eigenvalue weighted by Gasteiger charge is -2.20. The first-order chi connectivity index (χ1) is 5.18. The van der Waals surface area contributed by atoms with Gasteiger partial charge in [0.05, 0.1) is 0 Å². The van der Waals surface area contributed by atoms with Crippen LogP contribution in [-0.4, -0.2) is 31.1 Å². The highest BCUT2D eigenvalue weighted by Crippen LogP contribution is 2.09. The minimum atomic E-state index is -0.721. The van der Waals surface area contributed by atoms with E-state index in [0.29, 0.717) is 5.76 Å². The number of carbonyl (C=O) groups excluding carboxylic acids is 1. The fraction of sp³-hybridized carbons (Fsp3) is 0.571. The van der Waals surface area contributed by atoms with Crippen LogP contribution >= 0.6 is 0 Å². The number of likely N-dealkylation sites (N-methyl/N-ethyl adjacent to an activating group) is 1. The van der Waals surface area contributed by atoms with Gasteiger partial charge in [-0.1, -0.05) is 0 Å². The summed E-state index contributed by atoms with van der Waals surface area (Å²) in [4.78, 5) is 12.4. The molecular weight excluding hydrogens is 144 g/mol. The van der Waals surface area contributed by atoms with Crippen LogP contribution in [-0.2, 0) is 4.74 Å². The second kappa shape index (κ2) is 3.39. The quantitative estimate of drug-likeness (QED) is 0.594. The lowest BCUT2D eigenvalue weighted by atomic mass is 10.2. The maximum atomic E-state index is 10.3. The number of hydrogen-bond donors (Lipinski definition) is 1. The maximum absolute atomic E-state index is 10.3. The number of hydrogen-bond acceptors (Lipinski definition) is 3. The van der Waals surface area contributed by atoms with Gasteiger partial charge in [-0.2, -0.15) is 0 Å². The van der Waals surface area contributed by atoms with E-state index in [-0.39, 0.29) is 0 Å². The molecule has 0 aromatic rings. The Balaban J connectivity index is 2.41. The molecule has 11 heavy (non-hydrogen) atoms. The van der Waals surface area contributed by atoms with E-state index in [1.165, 1.54) is 0 Å². The molecule has 0 spiro atoms. The van der Waals surface area contributed by atoms with Gasteiger partial charge in [-0.05, 0) is 13.1 Å². The van der Waals surface area contributed by atoms with Gasteiger partial charge in [0.1, 0.15) is 5.76 Å². The van der Waals surface area contributed by atoms with Crippen molar-refractivity contribution in [2.45, 2.75) is 6.42 Å². The minimum Gasteiger partial charge on any atom is -0.415 e. The molecule has 0 fully saturated rings. The van der Waals surface area contributed by atoms with Crippen molar-refractivity contribution in [2.24, 2.45) is 5.73 Å². The van der Waals surface area contributed by atoms with Crippen molar-refractivity contribution in [3.8, 4) is 0 Å². The Morgan fingerprint density at radius 1 is 1.82 bits per heavy atom. The van der Waals surface area contributed by atoms with Crippen molar-refractivity contribution in [3.63, 3.8) is 0 Å². The number of amides is 1. The zero-order valence-corrected chi connectivity index (χ0v) is 6.54. The molecule has 1 heterocycles. The van der Waals surface area contributed by atoms with E-state index < -0.39 is 6.09 Å². The van der Waals surface area contributed by atoms with E-state index in [9.17, 15) is 4.79 Å². The first kappa shape index (κ1) is 8.07. The Labute approximate surface area is 65.6 Å². The van der Waals surface area contributed by atoms with Crippen LogP contribution in [0.5, 0.6) is 0 Å². The molecule has 0 saturated carbocycles. The largest absolute Gasteiger partial charge is 0.415 e. The predicted molar refractivity (Wildman–Crippen MR) is 40.9 cm³/mol. The van der Waals surface area contributed by atoms with E-state index in [2.05, 4.69) is 4.90 Å². The molecule has 2 N–H and O–H groups in total. The smallest absolute Gasteiger partial charge is 0.409 e. The first-order valence-corrected chi connectivity index (χ1v) is 3.53. The van der Waals surface area contributed by atoms with Crippen molar-refractivity contribution in [1.82, 2.24) is 4.90 Å². The van der Waals surface area contributed by atoms with Crippen LogP contribution in [0.25, 0.3) is 0 Å². The maximum Gasteiger partial charge on any atom is 0.409 e. The molecular formula is C7H12N2O2. The fourth-order valence-corrected chi connectivity index (χ4v) is 0.974. The minimum absolute atomic E-state index is 0.690. The van der Waals surface area contributed by atoms with Crippen LogP contribution in [0.2, 0.25) is 0 Å². The highest BCUT2D eigenvalue weighted by Gasteiger charge is 2.09. The molecule has 4 nitrogen and oxygen atoms in total. The highest BCUT2D eigenvalue weighted by atomic mass is 16.5. The lowest BCUT2D eigenvalue weighted by Crippen LogP contribution is -2.26. The van der Waals surface area contributed by atoms with Crippen LogP contribution in [0, 0.1) is 0 Å². The van der Waals surface area contributed by atoms with Gasteiger partial charge in [-0.3, -0.25) is 0 Å². The second-order valence-corrected chi connectivity index (χ2v) is 2.60. The zero-order chi connectivity index (χ0) is 8.27. The normalized spacial score (nSPS) is 19.2. The van der Waals surface area contributed by atoms with Crippen LogP contribution in [0.4, 0.5) is 4.79 Å². The molecule has 0 radical (unpaired) electrons. The standard InChI is InChI=1S/C7H12N2O2/c1-9-4-2-6(3-5-9)11-7(8)10/h2H,3-5H2,1H3,(H2,8,10). The molecule has 1 amide bonds. The summed E-state index contributed by atoms with van der Waals surface area (Å²) < 4.78 is 4.71. The third-order valence-corrected chi connectivity index (χ3v) is 1.60. The fourth-order valence-electron chi connectivity index (χ4n) is 0.974. The lowest BCUT2D eigenvalue weighted by molar-refractivity contribution is 0.176. The van der Waals surface area contributed by atoms with Crippen molar-refractivity contribution in [3.05, 3.63) is 11.8 Å². The Morgan fingerprint density at radius 3 is 3.00 bits per heavy atom. The molecule has 0 aromatic heterocycles. The van der Waals surface area contributed by atoms with Gasteiger partial charge in [0.2, 0.25) is 0 Å². The average Bonchev–Trinajstić information content (AvgIpc) is 1.93. The van der Waals surface area contributed by atoms with Crippen LogP contribution in [0.15, 0.2) is 11.8 Å². The molecule has 0 atom stereocenters. The molecule has 4 heteroatoms. The molecule has 0 aliphatic carbocycles. The Bertz CT molecular complexity index is 189. The van der Waals surface area contributed by atoms with E-state index >= 15 is 0 Å². The average molecular weight is 156 g/mol. The first-order valence-electron chi connectivity index (χ1n) is 3.53. The summed E-state index contributed by atoms with van der Waals surface area (Å²) in [5.41, 5.74) is 4.84. The van der Waals surface area contributed by atoms with Crippen LogP contribution in [0.1, 0.15) is 6.42 Å². The zero-order valence-electron chi connectivity index (χ0n) is 6.54. The van der Waals surface area contributed by atoms with Gasteiger partial charge in [-0.25, -0.2) is 4.79 Å². The third-order valence-electron chi connectivity index (χ3n) is 1.60. The molecule has 0 bridgehead atoms. The van der Waals surface area contributed by atoms with Crippen LogP contribution in [0.3, 0.4) is 0 Å². The summed E-state index contributed by atoms with van der Waals surface area (Å²) in [5.74, 6) is 0.690. The number of primary amides is 1. The van der Waals surface area contributed by atoms with E-state index in [1.54, 1.807) is 0 Å². The summed E-state index contributed by atoms with van der Waals surface area (Å²) >= 11 is 0. The van der Waals surface area contributed by atoms with Gasteiger partial charge >= 0.3 is 6.09 Å². The topological polar surface area (TPSA) is 55.6 Å². The number of nitrogens with zero attached hydrogens (tertiary/aromatic N) is 1. The number of ether oxygens (including phenoxy) is 1. The number of carbonyl (C=O) groups is 1. The van der Waals surface area contributed by atoms with Gasteiger partial charge in [0, 0.05) is 19.5 Å². The van der Waals surface area contributed by atoms with E-state index in [4.69, 9.17) is 10.5 Å². The summed E-state index contributed by atoms with van der Waals surface area (Å²) in [6.45, 7) is 1.74. The van der Waals surface area contributed by atoms with E-state index in [1.807, 2.05) is 13.1 Å². The van der Waals surface area contributed by atoms with Crippen LogP contribution < -0.4 is 5.73 Å². The van der Waals surface area contributed by atoms with Crippen molar-refractivity contribution >= 4 is 6.09 Å². The summed E-state index contributed by atoms with van der Waals surface area (Å²) in [6.07, 6.45) is 1.91. The highest BCUT2D eigenvalue weighted by molar-refractivity contribution is 5.65. The number of nitrogens with two attached hydrogens (primary N) is 1. The van der Waals surface area contributed by atoms with Crippen molar-refractivity contribution in [2.75, 3.05) is 20.1 Å². The summed E-state index contributed by atoms with van der Waals surface area (Å²) in [5, 5.41) is 0. The monoisotopic (exact) mass is 156 g/mol. The molecule has 1 aliphatic heterocycles. The third kappa shape index (κ3) is 2.59. The Hall–Kier alpha value is -1.03. The van der Waals surface area contributed by atoms with Crippen molar-refractivity contribution in [1.29, 1.82) is 0 Å². The predicted octanol–water partition coefficient (Wildman–Crippen LogP) is 0.301. The molecule has 1 aliphatic rings. The molecule has 0 aromatic carbocycles. The van der Waals surface area contributed by atoms with Gasteiger partial charge in [-0.15, -0.1) is 0 Å². The SMILES string of the molecule is CN1CC=C(OC(N)=O)CC1. The van der Waals surface area contributed by atoms with Gasteiger partial charge in [0.15, 0.2) is 0 Å². The van der Waals surface area contributed by atoms with Gasteiger partial charge < -0.3 is 15.4 Å². The van der Waals surface area contributed by atoms with Gasteiger partial charge in [0.25, 0.3) is 0 Å². The molecule has 0 unspecified atom stereocenters. The number of rotatable bonds is 1. The van der Waals surface area contributed by atoms with E-state index in [0.717, 1.165) is 19.5 Å².